The molecule has 1 fully saturated rings. The van der Waals surface area contributed by atoms with Gasteiger partial charge in [0.05, 0.1) is 0 Å². The van der Waals surface area contributed by atoms with Crippen molar-refractivity contribution in [2.24, 2.45) is 0 Å². The van der Waals surface area contributed by atoms with E-state index in [1.165, 1.54) is 17.0 Å². The van der Waals surface area contributed by atoms with Gasteiger partial charge in [-0.05, 0) is 73.1 Å². The first-order valence-corrected chi connectivity index (χ1v) is 12.6. The number of aromatic hydroxyl groups is 1. The topological polar surface area (TPSA) is 82.5 Å². The molecule has 3 aromatic rings. The van der Waals surface area contributed by atoms with Crippen molar-refractivity contribution in [1.82, 2.24) is 9.69 Å². The van der Waals surface area contributed by atoms with Crippen LogP contribution in [0.4, 0.5) is 5.69 Å². The van der Waals surface area contributed by atoms with E-state index in [-0.39, 0.29) is 32.8 Å². The molecular weight excluding hydrogens is 493 g/mol. The standard InChI is InChI=1S/C25H25Cl2N3O3S/c1-14-7-8-15(2)19(13-14)30(25(33)21-20(26)23(27)34-29-21)22(16-9-11-18(31)12-10-16)24(32)28-17-5-3-4-6-17/h7-13,17,22,31H,3-6H2,1-2H3,(H,28,32)/t22-/m1/s1. The zero-order valence-corrected chi connectivity index (χ0v) is 21.2. The van der Waals surface area contributed by atoms with Crippen LogP contribution in [0.15, 0.2) is 42.5 Å². The van der Waals surface area contributed by atoms with E-state index in [1.807, 2.05) is 32.0 Å². The van der Waals surface area contributed by atoms with E-state index < -0.39 is 11.9 Å². The molecule has 1 atom stereocenters. The second-order valence-electron chi connectivity index (χ2n) is 8.57. The first-order valence-electron chi connectivity index (χ1n) is 11.1. The van der Waals surface area contributed by atoms with Gasteiger partial charge in [0.25, 0.3) is 5.91 Å². The molecule has 0 bridgehead atoms. The van der Waals surface area contributed by atoms with Crippen LogP contribution in [0.1, 0.15) is 58.9 Å². The summed E-state index contributed by atoms with van der Waals surface area (Å²) in [6.07, 6.45) is 3.92. The molecule has 2 amide bonds. The number of aromatic nitrogens is 1. The third-order valence-electron chi connectivity index (χ3n) is 6.06. The van der Waals surface area contributed by atoms with Crippen LogP contribution in [-0.2, 0) is 4.79 Å². The molecule has 0 spiro atoms. The number of phenols is 1. The molecule has 1 aromatic heterocycles. The average molecular weight is 518 g/mol. The highest BCUT2D eigenvalue weighted by Gasteiger charge is 2.37. The Morgan fingerprint density at radius 2 is 1.79 bits per heavy atom. The number of halogens is 2. The van der Waals surface area contributed by atoms with Gasteiger partial charge in [0.2, 0.25) is 5.91 Å². The Morgan fingerprint density at radius 3 is 2.41 bits per heavy atom. The Balaban J connectivity index is 1.88. The predicted octanol–water partition coefficient (Wildman–Crippen LogP) is 6.22. The van der Waals surface area contributed by atoms with E-state index >= 15 is 0 Å². The summed E-state index contributed by atoms with van der Waals surface area (Å²) in [5.41, 5.74) is 2.87. The van der Waals surface area contributed by atoms with Crippen molar-refractivity contribution in [2.45, 2.75) is 51.6 Å². The average Bonchev–Trinajstić information content (AvgIpc) is 3.44. The molecule has 0 saturated heterocycles. The lowest BCUT2D eigenvalue weighted by molar-refractivity contribution is -0.123. The largest absolute Gasteiger partial charge is 0.508 e. The molecule has 2 aromatic carbocycles. The van der Waals surface area contributed by atoms with Crippen molar-refractivity contribution < 1.29 is 14.7 Å². The number of hydrogen-bond acceptors (Lipinski definition) is 5. The molecule has 2 N–H and O–H groups in total. The first-order chi connectivity index (χ1) is 16.3. The third-order valence-corrected chi connectivity index (χ3v) is 7.67. The van der Waals surface area contributed by atoms with E-state index in [9.17, 15) is 14.7 Å². The number of nitrogens with one attached hydrogen (secondary N) is 1. The highest BCUT2D eigenvalue weighted by atomic mass is 35.5. The zero-order chi connectivity index (χ0) is 24.4. The van der Waals surface area contributed by atoms with Crippen LogP contribution in [0.3, 0.4) is 0 Å². The van der Waals surface area contributed by atoms with Crippen molar-refractivity contribution >= 4 is 52.2 Å². The van der Waals surface area contributed by atoms with Gasteiger partial charge in [0.15, 0.2) is 5.69 Å². The monoisotopic (exact) mass is 517 g/mol. The van der Waals surface area contributed by atoms with Crippen molar-refractivity contribution in [2.75, 3.05) is 4.90 Å². The molecule has 1 saturated carbocycles. The molecular formula is C25H25Cl2N3O3S. The number of hydrogen-bond donors (Lipinski definition) is 2. The Hall–Kier alpha value is -2.61. The van der Waals surface area contributed by atoms with Crippen LogP contribution >= 0.6 is 34.7 Å². The van der Waals surface area contributed by atoms with Crippen LogP contribution in [-0.4, -0.2) is 27.3 Å². The summed E-state index contributed by atoms with van der Waals surface area (Å²) in [4.78, 5) is 29.2. The Morgan fingerprint density at radius 1 is 1.12 bits per heavy atom. The maximum absolute atomic E-state index is 14.0. The van der Waals surface area contributed by atoms with Gasteiger partial charge in [0, 0.05) is 11.7 Å². The minimum atomic E-state index is -1.01. The lowest BCUT2D eigenvalue weighted by Crippen LogP contribution is -2.46. The summed E-state index contributed by atoms with van der Waals surface area (Å²) >= 11 is 13.4. The molecule has 1 aliphatic carbocycles. The Labute approximate surface area is 212 Å². The van der Waals surface area contributed by atoms with Gasteiger partial charge in [0.1, 0.15) is 21.2 Å². The van der Waals surface area contributed by atoms with Crippen molar-refractivity contribution in [3.05, 3.63) is 74.2 Å². The fourth-order valence-electron chi connectivity index (χ4n) is 4.28. The molecule has 34 heavy (non-hydrogen) atoms. The van der Waals surface area contributed by atoms with E-state index in [4.69, 9.17) is 23.2 Å². The second-order valence-corrected chi connectivity index (χ2v) is 10.3. The Kier molecular flexibility index (Phi) is 7.45. The summed E-state index contributed by atoms with van der Waals surface area (Å²) in [5.74, 6) is -0.761. The summed E-state index contributed by atoms with van der Waals surface area (Å²) in [6, 6.07) is 11.1. The molecule has 1 aliphatic rings. The van der Waals surface area contributed by atoms with Gasteiger partial charge >= 0.3 is 0 Å². The lowest BCUT2D eigenvalue weighted by atomic mass is 10.00. The van der Waals surface area contributed by atoms with Crippen LogP contribution in [0.2, 0.25) is 9.36 Å². The zero-order valence-electron chi connectivity index (χ0n) is 18.8. The number of carbonyl (C=O) groups is 2. The lowest BCUT2D eigenvalue weighted by Gasteiger charge is -2.33. The van der Waals surface area contributed by atoms with Gasteiger partial charge in [-0.25, -0.2) is 0 Å². The summed E-state index contributed by atoms with van der Waals surface area (Å²) < 4.78 is 4.39. The van der Waals surface area contributed by atoms with Gasteiger partial charge in [-0.15, -0.1) is 0 Å². The van der Waals surface area contributed by atoms with Gasteiger partial charge in [-0.1, -0.05) is 60.3 Å². The van der Waals surface area contributed by atoms with Crippen LogP contribution < -0.4 is 10.2 Å². The first kappa shape index (κ1) is 24.5. The highest BCUT2D eigenvalue weighted by Crippen LogP contribution is 2.37. The quantitative estimate of drug-likeness (QED) is 0.406. The highest BCUT2D eigenvalue weighted by molar-refractivity contribution is 7.11. The molecule has 0 unspecified atom stereocenters. The van der Waals surface area contributed by atoms with E-state index in [0.29, 0.717) is 11.3 Å². The number of rotatable bonds is 6. The van der Waals surface area contributed by atoms with Crippen molar-refractivity contribution in [3.8, 4) is 5.75 Å². The number of carbonyl (C=O) groups excluding carboxylic acids is 2. The normalized spacial score (nSPS) is 14.7. The minimum Gasteiger partial charge on any atom is -0.508 e. The number of anilines is 1. The predicted molar refractivity (Wildman–Crippen MR) is 136 cm³/mol. The molecule has 4 rings (SSSR count). The maximum atomic E-state index is 14.0. The van der Waals surface area contributed by atoms with E-state index in [1.54, 1.807) is 12.1 Å². The number of benzene rings is 2. The van der Waals surface area contributed by atoms with Crippen LogP contribution in [0.5, 0.6) is 5.75 Å². The molecule has 9 heteroatoms. The van der Waals surface area contributed by atoms with Gasteiger partial charge in [-0.2, -0.15) is 4.37 Å². The number of aryl methyl sites for hydroxylation is 2. The summed E-state index contributed by atoms with van der Waals surface area (Å²) in [5, 5.41) is 13.0. The van der Waals surface area contributed by atoms with E-state index in [2.05, 4.69) is 9.69 Å². The van der Waals surface area contributed by atoms with Crippen molar-refractivity contribution in [1.29, 1.82) is 0 Å². The van der Waals surface area contributed by atoms with Crippen LogP contribution in [0, 0.1) is 13.8 Å². The fraction of sp³-hybridized carbons (Fsp3) is 0.320. The minimum absolute atomic E-state index is 0.00461. The third kappa shape index (κ3) is 5.06. The molecule has 1 heterocycles. The second kappa shape index (κ2) is 10.3. The van der Waals surface area contributed by atoms with E-state index in [0.717, 1.165) is 48.3 Å². The fourth-order valence-corrected chi connectivity index (χ4v) is 5.26. The molecule has 6 nitrogen and oxygen atoms in total. The smallest absolute Gasteiger partial charge is 0.280 e. The summed E-state index contributed by atoms with van der Waals surface area (Å²) in [6.45, 7) is 3.81. The molecule has 0 aliphatic heterocycles. The summed E-state index contributed by atoms with van der Waals surface area (Å²) in [7, 11) is 0. The number of nitrogens with zero attached hydrogens (tertiary/aromatic N) is 2. The van der Waals surface area contributed by atoms with Crippen molar-refractivity contribution in [3.63, 3.8) is 0 Å². The number of phenolic OH excluding ortho intramolecular Hbond substituents is 1. The molecule has 0 radical (unpaired) electrons. The maximum Gasteiger partial charge on any atom is 0.280 e. The SMILES string of the molecule is Cc1ccc(C)c(N(C(=O)c2nsc(Cl)c2Cl)[C@@H](C(=O)NC2CCCC2)c2ccc(O)cc2)c1. The Bertz CT molecular complexity index is 1210. The van der Waals surface area contributed by atoms with Gasteiger partial charge in [-0.3, -0.25) is 14.5 Å². The molecule has 178 valence electrons. The van der Waals surface area contributed by atoms with Crippen LogP contribution in [0.25, 0.3) is 0 Å². The number of amides is 2. The van der Waals surface area contributed by atoms with Gasteiger partial charge < -0.3 is 10.4 Å².